The van der Waals surface area contributed by atoms with Crippen LogP contribution in [-0.4, -0.2) is 57.4 Å². The average Bonchev–Trinajstić information content (AvgIpc) is 2.14. The van der Waals surface area contributed by atoms with Gasteiger partial charge in [0.25, 0.3) is 0 Å². The van der Waals surface area contributed by atoms with E-state index in [9.17, 15) is 15.0 Å². The van der Waals surface area contributed by atoms with Crippen molar-refractivity contribution in [3.05, 3.63) is 0 Å². The predicted molar refractivity (Wildman–Crippen MR) is 44.6 cm³/mol. The van der Waals surface area contributed by atoms with E-state index in [1.54, 1.807) is 0 Å². The highest BCUT2D eigenvalue weighted by Gasteiger charge is 2.44. The van der Waals surface area contributed by atoms with Crippen molar-refractivity contribution < 1.29 is 30.0 Å². The van der Waals surface area contributed by atoms with Gasteiger partial charge in [-0.2, -0.15) is 0 Å². The lowest BCUT2D eigenvalue weighted by molar-refractivity contribution is -0.214. The van der Waals surface area contributed by atoms with Gasteiger partial charge in [0.1, 0.15) is 12.2 Å². The number of aliphatic hydroxyl groups excluding tert-OH is 3. The number of aliphatic hydroxyl groups is 3. The number of rotatable bonds is 2. The zero-order valence-corrected chi connectivity index (χ0v) is 7.70. The Balaban J connectivity index is 2.78. The molecule has 82 valence electrons. The second-order valence-corrected chi connectivity index (χ2v) is 3.46. The van der Waals surface area contributed by atoms with Gasteiger partial charge in [0.2, 0.25) is 0 Å². The summed E-state index contributed by atoms with van der Waals surface area (Å²) in [5, 5.41) is 36.3. The van der Waals surface area contributed by atoms with Gasteiger partial charge in [-0.1, -0.05) is 6.92 Å². The van der Waals surface area contributed by atoms with Crippen LogP contribution < -0.4 is 0 Å². The zero-order valence-electron chi connectivity index (χ0n) is 7.70. The molecule has 1 aliphatic heterocycles. The third-order valence-corrected chi connectivity index (χ3v) is 2.49. The van der Waals surface area contributed by atoms with Crippen LogP contribution in [0.5, 0.6) is 0 Å². The van der Waals surface area contributed by atoms with Gasteiger partial charge in [-0.05, 0) is 0 Å². The maximum Gasteiger partial charge on any atom is 0.333 e. The van der Waals surface area contributed by atoms with E-state index in [4.69, 9.17) is 14.9 Å². The van der Waals surface area contributed by atoms with Crippen molar-refractivity contribution in [2.24, 2.45) is 5.92 Å². The van der Waals surface area contributed by atoms with Gasteiger partial charge < -0.3 is 25.2 Å². The third kappa shape index (κ3) is 1.88. The Morgan fingerprint density at radius 3 is 2.36 bits per heavy atom. The molecule has 0 aromatic heterocycles. The third-order valence-electron chi connectivity index (χ3n) is 2.49. The molecular formula is C8H14O6. The molecule has 1 fully saturated rings. The van der Waals surface area contributed by atoms with Gasteiger partial charge in [0.15, 0.2) is 6.10 Å². The number of carbonyl (C=O) groups is 1. The van der Waals surface area contributed by atoms with Gasteiger partial charge in [-0.25, -0.2) is 4.79 Å². The molecular weight excluding hydrogens is 192 g/mol. The Morgan fingerprint density at radius 2 is 1.93 bits per heavy atom. The molecule has 0 amide bonds. The number of carboxylic acid groups (broad SMARTS) is 1. The largest absolute Gasteiger partial charge is 0.479 e. The van der Waals surface area contributed by atoms with Crippen molar-refractivity contribution in [3.63, 3.8) is 0 Å². The number of aliphatic carboxylic acids is 1. The summed E-state index contributed by atoms with van der Waals surface area (Å²) in [4.78, 5) is 10.7. The Bertz CT molecular complexity index is 216. The topological polar surface area (TPSA) is 107 Å². The zero-order chi connectivity index (χ0) is 10.9. The summed E-state index contributed by atoms with van der Waals surface area (Å²) in [6, 6.07) is 0. The Morgan fingerprint density at radius 1 is 1.36 bits per heavy atom. The van der Waals surface area contributed by atoms with Crippen molar-refractivity contribution >= 4 is 5.97 Å². The van der Waals surface area contributed by atoms with Gasteiger partial charge in [-0.15, -0.1) is 0 Å². The van der Waals surface area contributed by atoms with Crippen molar-refractivity contribution in [2.45, 2.75) is 31.3 Å². The van der Waals surface area contributed by atoms with Crippen LogP contribution in [0.4, 0.5) is 0 Å². The minimum absolute atomic E-state index is 0.519. The summed E-state index contributed by atoms with van der Waals surface area (Å²) in [6.45, 7) is 0.953. The minimum Gasteiger partial charge on any atom is -0.479 e. The van der Waals surface area contributed by atoms with E-state index in [0.29, 0.717) is 0 Å². The van der Waals surface area contributed by atoms with Crippen molar-refractivity contribution in [3.8, 4) is 0 Å². The number of carboxylic acids is 1. The first-order chi connectivity index (χ1) is 6.49. The molecule has 6 nitrogen and oxygen atoms in total. The number of ether oxygens (including phenoxy) is 1. The summed E-state index contributed by atoms with van der Waals surface area (Å²) in [7, 11) is 0. The minimum atomic E-state index is -1.24. The number of hydrogen-bond donors (Lipinski definition) is 4. The van der Waals surface area contributed by atoms with Crippen molar-refractivity contribution in [2.75, 3.05) is 6.61 Å². The monoisotopic (exact) mass is 206 g/mol. The molecule has 1 heterocycles. The quantitative estimate of drug-likeness (QED) is 0.424. The van der Waals surface area contributed by atoms with Crippen LogP contribution in [0.25, 0.3) is 0 Å². The highest BCUT2D eigenvalue weighted by atomic mass is 16.5. The van der Waals surface area contributed by atoms with E-state index in [1.807, 2.05) is 0 Å². The standard InChI is InChI=1S/C8H14O6/c1-3-5(10)6(11)4(2-9)14-7(3)8(12)13/h3-7,9-11H,2H2,1H3,(H,12,13)/t3-,4-,5-,6-,7-/m0/s1. The van der Waals surface area contributed by atoms with Gasteiger partial charge in [0.05, 0.1) is 12.7 Å². The van der Waals surface area contributed by atoms with Crippen LogP contribution in [0.1, 0.15) is 6.92 Å². The molecule has 5 atom stereocenters. The average molecular weight is 206 g/mol. The maximum absolute atomic E-state index is 10.7. The van der Waals surface area contributed by atoms with Crippen LogP contribution in [0.2, 0.25) is 0 Å². The fourth-order valence-corrected chi connectivity index (χ4v) is 1.54. The summed E-state index contributed by atoms with van der Waals surface area (Å²) in [6.07, 6.45) is -4.67. The smallest absolute Gasteiger partial charge is 0.333 e. The Kier molecular flexibility index (Phi) is 3.43. The molecule has 0 saturated carbocycles. The molecule has 1 rings (SSSR count). The molecule has 6 heteroatoms. The molecule has 0 spiro atoms. The van der Waals surface area contributed by atoms with E-state index >= 15 is 0 Å². The first-order valence-corrected chi connectivity index (χ1v) is 4.34. The normalized spacial score (nSPS) is 43.6. The van der Waals surface area contributed by atoms with Crippen LogP contribution >= 0.6 is 0 Å². The fraction of sp³-hybridized carbons (Fsp3) is 0.875. The molecule has 0 bridgehead atoms. The second-order valence-electron chi connectivity index (χ2n) is 3.46. The van der Waals surface area contributed by atoms with Crippen LogP contribution in [-0.2, 0) is 9.53 Å². The summed E-state index contributed by atoms with van der Waals surface area (Å²) < 4.78 is 4.93. The first kappa shape index (κ1) is 11.4. The molecule has 0 unspecified atom stereocenters. The molecule has 1 saturated heterocycles. The van der Waals surface area contributed by atoms with Crippen molar-refractivity contribution in [1.29, 1.82) is 0 Å². The van der Waals surface area contributed by atoms with Crippen LogP contribution in [0.3, 0.4) is 0 Å². The van der Waals surface area contributed by atoms with Crippen LogP contribution in [0.15, 0.2) is 0 Å². The molecule has 4 N–H and O–H groups in total. The molecule has 0 aromatic carbocycles. The van der Waals surface area contributed by atoms with E-state index in [2.05, 4.69) is 0 Å². The Labute approximate surface area is 80.7 Å². The summed E-state index contributed by atoms with van der Waals surface area (Å²) in [5.41, 5.74) is 0. The highest BCUT2D eigenvalue weighted by Crippen LogP contribution is 2.25. The molecule has 0 aliphatic carbocycles. The van der Waals surface area contributed by atoms with Crippen LogP contribution in [0, 0.1) is 5.92 Å². The lowest BCUT2D eigenvalue weighted by atomic mass is 9.88. The second kappa shape index (κ2) is 4.22. The van der Waals surface area contributed by atoms with E-state index in [0.717, 1.165) is 0 Å². The van der Waals surface area contributed by atoms with Gasteiger partial charge in [0, 0.05) is 5.92 Å². The summed E-state index contributed by atoms with van der Waals surface area (Å²) in [5.74, 6) is -1.91. The Hall–Kier alpha value is -0.690. The number of hydrogen-bond acceptors (Lipinski definition) is 5. The van der Waals surface area contributed by atoms with Crippen molar-refractivity contribution in [1.82, 2.24) is 0 Å². The van der Waals surface area contributed by atoms with Gasteiger partial charge >= 0.3 is 5.97 Å². The molecule has 0 radical (unpaired) electrons. The van der Waals surface area contributed by atoms with E-state index < -0.39 is 42.9 Å². The maximum atomic E-state index is 10.7. The molecule has 1 aliphatic rings. The SMILES string of the molecule is C[C@H]1[C@H](O)[C@@H](O)[C@H](CO)O[C@@H]1C(=O)O. The van der Waals surface area contributed by atoms with Gasteiger partial charge in [-0.3, -0.25) is 0 Å². The fourth-order valence-electron chi connectivity index (χ4n) is 1.54. The molecule has 14 heavy (non-hydrogen) atoms. The lowest BCUT2D eigenvalue weighted by Gasteiger charge is -2.39. The molecule has 0 aromatic rings. The van der Waals surface area contributed by atoms with E-state index in [1.165, 1.54) is 6.92 Å². The highest BCUT2D eigenvalue weighted by molar-refractivity contribution is 5.73. The first-order valence-electron chi connectivity index (χ1n) is 4.34. The predicted octanol–water partition coefficient (Wildman–Crippen LogP) is -1.81. The summed E-state index contributed by atoms with van der Waals surface area (Å²) >= 11 is 0. The lowest BCUT2D eigenvalue weighted by Crippen LogP contribution is -2.56. The van der Waals surface area contributed by atoms with E-state index in [-0.39, 0.29) is 0 Å².